The predicted octanol–water partition coefficient (Wildman–Crippen LogP) is 14.7. The van der Waals surface area contributed by atoms with Crippen molar-refractivity contribution in [2.24, 2.45) is 14.7 Å². The molecule has 8 rings (SSSR count). The zero-order chi connectivity index (χ0) is 50.3. The standard InChI is InChI=1S/C54H49N5O6P4S3/c1-4-66(53-31-19-9-20-32-53,54-33-21-10-22-34-54)57-67(70,60-51-39-35-45(36-40-51)43-55-58(2)68(71,62-47-23-11-5-12-24-47)63-48-25-13-6-14-26-48)61-52-41-37-46(38-42-52)44-56-59(3)69(72,64-49-27-15-7-16-28-49)65-50-29-17-8-18-30-50/h4-44H,1H2,2-3H3/b55-43+,56-44+. The van der Waals surface area contributed by atoms with Crippen LogP contribution in [0.2, 0.25) is 0 Å². The lowest BCUT2D eigenvalue weighted by molar-refractivity contribution is 0.395. The van der Waals surface area contributed by atoms with Crippen LogP contribution in [-0.4, -0.2) is 36.1 Å². The molecule has 0 spiro atoms. The first-order valence-electron chi connectivity index (χ1n) is 22.3. The minimum absolute atomic E-state index is 0.443. The number of nitrogens with zero attached hydrogens (tertiary/aromatic N) is 5. The molecule has 0 amide bonds. The van der Waals surface area contributed by atoms with Crippen LogP contribution in [0.3, 0.4) is 0 Å². The number of hydrogen-bond donors (Lipinski definition) is 0. The van der Waals surface area contributed by atoms with Gasteiger partial charge in [0.1, 0.15) is 34.5 Å². The van der Waals surface area contributed by atoms with Crippen molar-refractivity contribution in [2.45, 2.75) is 0 Å². The monoisotopic (exact) mass is 1080 g/mol. The van der Waals surface area contributed by atoms with Gasteiger partial charge in [0.25, 0.3) is 0 Å². The zero-order valence-electron chi connectivity index (χ0n) is 39.1. The molecule has 18 heteroatoms. The second-order valence-electron chi connectivity index (χ2n) is 15.4. The van der Waals surface area contributed by atoms with Crippen LogP contribution in [0.1, 0.15) is 11.1 Å². The summed E-state index contributed by atoms with van der Waals surface area (Å²) in [4.78, 5) is 0. The minimum atomic E-state index is -3.63. The molecular formula is C54H49N5O6P4S3. The molecule has 0 fully saturated rings. The van der Waals surface area contributed by atoms with Crippen LogP contribution in [0.4, 0.5) is 0 Å². The summed E-state index contributed by atoms with van der Waals surface area (Å²) in [5.74, 6) is 5.05. The molecule has 72 heavy (non-hydrogen) atoms. The van der Waals surface area contributed by atoms with E-state index in [2.05, 4.69) is 6.58 Å². The van der Waals surface area contributed by atoms with E-state index in [1.54, 1.807) is 60.3 Å². The van der Waals surface area contributed by atoms with Crippen molar-refractivity contribution in [2.75, 3.05) is 14.1 Å². The van der Waals surface area contributed by atoms with Crippen LogP contribution in [0.15, 0.2) is 258 Å². The molecule has 0 radical (unpaired) electrons. The second-order valence-corrected chi connectivity index (χ2v) is 28.1. The molecule has 0 aliphatic carbocycles. The van der Waals surface area contributed by atoms with E-state index in [9.17, 15) is 0 Å². The first kappa shape index (κ1) is 51.8. The maximum Gasteiger partial charge on any atom is 0.413 e. The maximum atomic E-state index is 6.76. The maximum absolute atomic E-state index is 6.76. The normalized spacial score (nSPS) is 11.9. The number of benzene rings is 8. The second kappa shape index (κ2) is 24.2. The van der Waals surface area contributed by atoms with Crippen LogP contribution in [0.5, 0.6) is 34.5 Å². The third-order valence-electron chi connectivity index (χ3n) is 10.3. The third-order valence-corrected chi connectivity index (χ3v) is 22.7. The highest BCUT2D eigenvalue weighted by atomic mass is 32.5. The zero-order valence-corrected chi connectivity index (χ0v) is 45.1. The van der Waals surface area contributed by atoms with Gasteiger partial charge in [-0.15, -0.1) is 0 Å². The van der Waals surface area contributed by atoms with Gasteiger partial charge in [0, 0.05) is 60.1 Å². The molecule has 0 aliphatic heterocycles. The summed E-state index contributed by atoms with van der Waals surface area (Å²) >= 11 is 18.6. The SMILES string of the molecule is C=CP(=NP(=S)(Oc1ccc(/C=N/N(C)P(=S)(Oc2ccccc2)Oc2ccccc2)cc1)Oc1ccc(/C=N/N(C)P(=S)(Oc2ccccc2)Oc2ccccc2)cc1)(c1ccccc1)c1ccccc1. The van der Waals surface area contributed by atoms with Gasteiger partial charge in [-0.25, -0.2) is 9.56 Å². The van der Waals surface area contributed by atoms with Crippen molar-refractivity contribution in [1.82, 2.24) is 9.56 Å². The third kappa shape index (κ3) is 13.7. The van der Waals surface area contributed by atoms with Crippen LogP contribution >= 0.6 is 27.0 Å². The van der Waals surface area contributed by atoms with Crippen molar-refractivity contribution in [3.63, 3.8) is 0 Å². The summed E-state index contributed by atoms with van der Waals surface area (Å²) in [5, 5.41) is 11.3. The topological polar surface area (TPSA) is 98.9 Å². The van der Waals surface area contributed by atoms with E-state index in [-0.39, 0.29) is 0 Å². The smallest absolute Gasteiger partial charge is 0.413 e. The molecule has 0 aromatic heterocycles. The summed E-state index contributed by atoms with van der Waals surface area (Å²) < 4.78 is 47.3. The summed E-state index contributed by atoms with van der Waals surface area (Å²) in [6.45, 7) is -5.70. The van der Waals surface area contributed by atoms with E-state index in [1.165, 1.54) is 0 Å². The largest absolute Gasteiger partial charge is 0.420 e. The van der Waals surface area contributed by atoms with Gasteiger partial charge in [0.05, 0.1) is 19.5 Å². The van der Waals surface area contributed by atoms with E-state index in [0.29, 0.717) is 34.5 Å². The van der Waals surface area contributed by atoms with Gasteiger partial charge in [0.15, 0.2) is 0 Å². The Kier molecular flexibility index (Phi) is 17.4. The first-order chi connectivity index (χ1) is 34.9. The Hall–Kier alpha value is -6.58. The molecule has 8 aromatic carbocycles. The Bertz CT molecular complexity index is 3000. The van der Waals surface area contributed by atoms with E-state index in [1.807, 2.05) is 212 Å². The van der Waals surface area contributed by atoms with E-state index in [0.717, 1.165) is 21.7 Å². The molecule has 8 aromatic rings. The summed E-state index contributed by atoms with van der Waals surface area (Å²) in [5.41, 5.74) is 1.50. The Labute approximate surface area is 436 Å². The van der Waals surface area contributed by atoms with E-state index >= 15 is 0 Å². The highest BCUT2D eigenvalue weighted by molar-refractivity contribution is 8.11. The molecule has 364 valence electrons. The molecule has 11 nitrogen and oxygen atoms in total. The Morgan fingerprint density at radius 3 is 0.917 bits per heavy atom. The van der Waals surface area contributed by atoms with Crippen molar-refractivity contribution < 1.29 is 27.1 Å². The summed E-state index contributed by atoms with van der Waals surface area (Å²) in [6, 6.07) is 71.9. The van der Waals surface area contributed by atoms with Crippen molar-refractivity contribution in [3.8, 4) is 34.5 Å². The average molecular weight is 1080 g/mol. The highest BCUT2D eigenvalue weighted by Crippen LogP contribution is 2.62. The molecule has 0 atom stereocenters. The lowest BCUT2D eigenvalue weighted by Gasteiger charge is -2.29. The van der Waals surface area contributed by atoms with Crippen molar-refractivity contribution in [1.29, 1.82) is 0 Å². The molecule has 0 N–H and O–H groups in total. The molecule has 0 bridgehead atoms. The molecular weight excluding hydrogens is 1030 g/mol. The van der Waals surface area contributed by atoms with Gasteiger partial charge in [-0.2, -0.15) is 14.7 Å². The Morgan fingerprint density at radius 2 is 0.639 bits per heavy atom. The minimum Gasteiger partial charge on any atom is -0.420 e. The number of rotatable bonds is 22. The quantitative estimate of drug-likeness (QED) is 0.0369. The Balaban J connectivity index is 1.07. The fourth-order valence-electron chi connectivity index (χ4n) is 6.69. The molecule has 0 aliphatic rings. The average Bonchev–Trinajstić information content (AvgIpc) is 3.41. The van der Waals surface area contributed by atoms with Gasteiger partial charge in [-0.1, -0.05) is 140 Å². The molecule has 0 saturated carbocycles. The fraction of sp³-hybridized carbons (Fsp3) is 0.0370. The van der Waals surface area contributed by atoms with Gasteiger partial charge >= 0.3 is 19.9 Å². The van der Waals surface area contributed by atoms with Crippen LogP contribution < -0.4 is 37.8 Å². The number of hydrazone groups is 2. The molecule has 0 saturated heterocycles. The Morgan fingerprint density at radius 1 is 0.375 bits per heavy atom. The van der Waals surface area contributed by atoms with Crippen LogP contribution in [0, 0.1) is 0 Å². The fourth-order valence-corrected chi connectivity index (χ4v) is 17.6. The first-order valence-corrected chi connectivity index (χ1v) is 31.9. The van der Waals surface area contributed by atoms with Gasteiger partial charge in [-0.05, 0) is 114 Å². The lowest BCUT2D eigenvalue weighted by Crippen LogP contribution is -2.17. The van der Waals surface area contributed by atoms with Gasteiger partial charge in [-0.3, -0.25) is 0 Å². The predicted molar refractivity (Wildman–Crippen MR) is 308 cm³/mol. The summed E-state index contributed by atoms with van der Waals surface area (Å²) in [6.07, 6.45) is 3.35. The number of hydrogen-bond acceptors (Lipinski definition) is 11. The van der Waals surface area contributed by atoms with E-state index < -0.39 is 27.0 Å². The molecule has 0 heterocycles. The summed E-state index contributed by atoms with van der Waals surface area (Å²) in [7, 11) is 0.666. The van der Waals surface area contributed by atoms with Crippen LogP contribution in [-0.2, 0) is 35.4 Å². The van der Waals surface area contributed by atoms with Crippen molar-refractivity contribution in [3.05, 3.63) is 254 Å². The van der Waals surface area contributed by atoms with Crippen LogP contribution in [0.25, 0.3) is 0 Å². The van der Waals surface area contributed by atoms with E-state index in [4.69, 9.17) is 77.3 Å². The molecule has 0 unspecified atom stereocenters. The van der Waals surface area contributed by atoms with Gasteiger partial charge < -0.3 is 27.1 Å². The highest BCUT2D eigenvalue weighted by Gasteiger charge is 2.32. The number of para-hydroxylation sites is 4. The van der Waals surface area contributed by atoms with Crippen molar-refractivity contribution >= 4 is 85.4 Å². The lowest BCUT2D eigenvalue weighted by atomic mass is 10.2. The van der Waals surface area contributed by atoms with Gasteiger partial charge in [0.2, 0.25) is 0 Å².